The highest BCUT2D eigenvalue weighted by Crippen LogP contribution is 2.19. The lowest BCUT2D eigenvalue weighted by atomic mass is 9.95. The molecule has 1 heteroatoms. The number of rotatable bonds is 8. The van der Waals surface area contributed by atoms with Crippen molar-refractivity contribution < 1.29 is 0 Å². The quantitative estimate of drug-likeness (QED) is 0.441. The molecule has 0 heterocycles. The van der Waals surface area contributed by atoms with E-state index < -0.39 is 0 Å². The number of nitrogens with zero attached hydrogens (tertiary/aromatic N) is 1. The molecule has 0 bridgehead atoms. The van der Waals surface area contributed by atoms with Crippen LogP contribution in [0.4, 0.5) is 0 Å². The topological polar surface area (TPSA) is 12.4 Å². The largest absolute Gasteiger partial charge is 0.297 e. The molecule has 0 spiro atoms. The molecule has 0 unspecified atom stereocenters. The highest BCUT2D eigenvalue weighted by molar-refractivity contribution is 5.65. The maximum Gasteiger partial charge on any atom is 0.0408 e. The predicted molar refractivity (Wildman–Crippen MR) is 96.2 cm³/mol. The molecule has 1 aromatic carbocycles. The Bertz CT molecular complexity index is 507. The zero-order valence-electron chi connectivity index (χ0n) is 14.0. The summed E-state index contributed by atoms with van der Waals surface area (Å²) in [5.41, 5.74) is 5.25. The highest BCUT2D eigenvalue weighted by atomic mass is 14.7. The van der Waals surface area contributed by atoms with E-state index in [2.05, 4.69) is 68.9 Å². The van der Waals surface area contributed by atoms with Crippen molar-refractivity contribution in [2.45, 2.75) is 47.0 Å². The molecular formula is C20H29N. The molecule has 21 heavy (non-hydrogen) atoms. The zero-order valence-corrected chi connectivity index (χ0v) is 14.0. The number of hydrogen-bond acceptors (Lipinski definition) is 1. The van der Waals surface area contributed by atoms with Crippen LogP contribution < -0.4 is 0 Å². The second-order valence-corrected chi connectivity index (χ2v) is 6.06. The number of allylic oxidation sites excluding steroid dienone is 2. The molecule has 0 N–H and O–H groups in total. The molecule has 1 nitrogen and oxygen atoms in total. The molecule has 0 aliphatic carbocycles. The highest BCUT2D eigenvalue weighted by Gasteiger charge is 2.05. The van der Waals surface area contributed by atoms with Gasteiger partial charge in [0, 0.05) is 19.2 Å². The van der Waals surface area contributed by atoms with Gasteiger partial charge in [0.2, 0.25) is 0 Å². The van der Waals surface area contributed by atoms with Crippen LogP contribution in [0.25, 0.3) is 6.08 Å². The average Bonchev–Trinajstić information content (AvgIpc) is 2.43. The first-order valence-electron chi connectivity index (χ1n) is 7.97. The Kier molecular flexibility index (Phi) is 7.74. The molecule has 0 saturated carbocycles. The van der Waals surface area contributed by atoms with Crippen molar-refractivity contribution >= 4 is 12.3 Å². The summed E-state index contributed by atoms with van der Waals surface area (Å²) < 4.78 is 0. The minimum Gasteiger partial charge on any atom is -0.297 e. The molecular weight excluding hydrogens is 254 g/mol. The Hall–Kier alpha value is -1.63. The van der Waals surface area contributed by atoms with E-state index in [9.17, 15) is 0 Å². The van der Waals surface area contributed by atoms with Crippen molar-refractivity contribution in [2.24, 2.45) is 10.9 Å². The first-order valence-corrected chi connectivity index (χ1v) is 7.97. The van der Waals surface area contributed by atoms with E-state index in [1.54, 1.807) is 0 Å². The van der Waals surface area contributed by atoms with Crippen LogP contribution in [0.5, 0.6) is 0 Å². The Morgan fingerprint density at radius 2 is 2.10 bits per heavy atom. The van der Waals surface area contributed by atoms with Crippen LogP contribution >= 0.6 is 0 Å². The number of aliphatic imine (C=N–C) groups is 1. The molecule has 0 fully saturated rings. The van der Waals surface area contributed by atoms with E-state index in [1.165, 1.54) is 16.7 Å². The van der Waals surface area contributed by atoms with Gasteiger partial charge in [0.15, 0.2) is 0 Å². The fourth-order valence-corrected chi connectivity index (χ4v) is 2.24. The van der Waals surface area contributed by atoms with Crippen LogP contribution in [0.15, 0.2) is 41.4 Å². The minimum absolute atomic E-state index is 0.626. The van der Waals surface area contributed by atoms with Gasteiger partial charge in [-0.1, -0.05) is 69.7 Å². The maximum absolute atomic E-state index is 4.51. The van der Waals surface area contributed by atoms with E-state index in [0.717, 1.165) is 31.4 Å². The van der Waals surface area contributed by atoms with E-state index in [0.29, 0.717) is 5.92 Å². The Labute approximate surface area is 130 Å². The molecule has 0 aromatic heterocycles. The van der Waals surface area contributed by atoms with Crippen LogP contribution in [0.1, 0.15) is 50.8 Å². The molecule has 0 radical (unpaired) electrons. The Morgan fingerprint density at radius 3 is 2.71 bits per heavy atom. The lowest BCUT2D eigenvalue weighted by Crippen LogP contribution is -1.99. The second-order valence-electron chi connectivity index (χ2n) is 6.06. The van der Waals surface area contributed by atoms with Gasteiger partial charge in [-0.05, 0) is 36.0 Å². The van der Waals surface area contributed by atoms with Crippen molar-refractivity contribution in [1.29, 1.82) is 0 Å². The lowest BCUT2D eigenvalue weighted by molar-refractivity contribution is 0.666. The molecule has 1 aromatic rings. The van der Waals surface area contributed by atoms with Crippen molar-refractivity contribution in [3.8, 4) is 0 Å². The molecule has 0 aliphatic heterocycles. The Balaban J connectivity index is 2.94. The third-order valence-corrected chi connectivity index (χ3v) is 3.27. The van der Waals surface area contributed by atoms with E-state index in [1.807, 2.05) is 6.92 Å². The van der Waals surface area contributed by atoms with E-state index in [4.69, 9.17) is 0 Å². The Morgan fingerprint density at radius 1 is 1.33 bits per heavy atom. The first-order chi connectivity index (χ1) is 10.0. The summed E-state index contributed by atoms with van der Waals surface area (Å²) in [5.74, 6) is 0.626. The van der Waals surface area contributed by atoms with E-state index in [-0.39, 0.29) is 0 Å². The van der Waals surface area contributed by atoms with Gasteiger partial charge in [0.1, 0.15) is 0 Å². The van der Waals surface area contributed by atoms with Crippen LogP contribution in [0, 0.1) is 5.92 Å². The molecule has 0 amide bonds. The van der Waals surface area contributed by atoms with E-state index >= 15 is 0 Å². The molecule has 114 valence electrons. The minimum atomic E-state index is 0.626. The van der Waals surface area contributed by atoms with Gasteiger partial charge >= 0.3 is 0 Å². The second kappa shape index (κ2) is 9.33. The standard InChI is InChI=1S/C20H29N/c1-6-8-20-18(12-11-16(2)3)9-7-10-19(20)13-14-21-15-17(4)5/h7,9-12,14,17H,2,6,8,13,15H2,1,3-5H3/b12-11-,21-14+. The molecule has 0 aliphatic rings. The van der Waals surface area contributed by atoms with Crippen molar-refractivity contribution in [2.75, 3.05) is 6.54 Å². The fourth-order valence-electron chi connectivity index (χ4n) is 2.24. The average molecular weight is 283 g/mol. The maximum atomic E-state index is 4.51. The van der Waals surface area contributed by atoms with Crippen LogP contribution in [0.2, 0.25) is 0 Å². The third-order valence-electron chi connectivity index (χ3n) is 3.27. The summed E-state index contributed by atoms with van der Waals surface area (Å²) in [6.07, 6.45) is 9.54. The molecule has 0 atom stereocenters. The van der Waals surface area contributed by atoms with Crippen LogP contribution in [0.3, 0.4) is 0 Å². The summed E-state index contributed by atoms with van der Waals surface area (Å²) in [5, 5.41) is 0. The summed E-state index contributed by atoms with van der Waals surface area (Å²) in [7, 11) is 0. The summed E-state index contributed by atoms with van der Waals surface area (Å²) in [4.78, 5) is 4.51. The van der Waals surface area contributed by atoms with Gasteiger partial charge in [0.05, 0.1) is 0 Å². The monoisotopic (exact) mass is 283 g/mol. The van der Waals surface area contributed by atoms with Crippen LogP contribution in [-0.2, 0) is 12.8 Å². The molecule has 0 saturated heterocycles. The van der Waals surface area contributed by atoms with Gasteiger partial charge in [-0.2, -0.15) is 0 Å². The molecule has 1 rings (SSSR count). The SMILES string of the molecule is C=C(C)/C=C\c1cccc(C/C=N/CC(C)C)c1CCC. The van der Waals surface area contributed by atoms with Gasteiger partial charge in [-0.3, -0.25) is 4.99 Å². The van der Waals surface area contributed by atoms with Crippen LogP contribution in [-0.4, -0.2) is 12.8 Å². The van der Waals surface area contributed by atoms with Crippen molar-refractivity contribution in [3.05, 3.63) is 53.1 Å². The summed E-state index contributed by atoms with van der Waals surface area (Å²) in [6.45, 7) is 13.5. The predicted octanol–water partition coefficient (Wildman–Crippen LogP) is 5.50. The van der Waals surface area contributed by atoms with Crippen molar-refractivity contribution in [3.63, 3.8) is 0 Å². The fraction of sp³-hybridized carbons (Fsp3) is 0.450. The lowest BCUT2D eigenvalue weighted by Gasteiger charge is -2.11. The first kappa shape index (κ1) is 17.4. The zero-order chi connectivity index (χ0) is 15.7. The van der Waals surface area contributed by atoms with Gasteiger partial charge < -0.3 is 0 Å². The smallest absolute Gasteiger partial charge is 0.0408 e. The van der Waals surface area contributed by atoms with Gasteiger partial charge in [-0.25, -0.2) is 0 Å². The number of benzene rings is 1. The summed E-state index contributed by atoms with van der Waals surface area (Å²) >= 11 is 0. The number of hydrogen-bond donors (Lipinski definition) is 0. The normalized spacial score (nSPS) is 11.9. The van der Waals surface area contributed by atoms with Gasteiger partial charge in [0.25, 0.3) is 0 Å². The van der Waals surface area contributed by atoms with Gasteiger partial charge in [-0.15, -0.1) is 0 Å². The summed E-state index contributed by atoms with van der Waals surface area (Å²) in [6, 6.07) is 6.56. The van der Waals surface area contributed by atoms with Crippen molar-refractivity contribution in [1.82, 2.24) is 0 Å². The third kappa shape index (κ3) is 6.57.